The number of halogens is 1. The normalized spacial score (nSPS) is 10.9. The number of benzene rings is 2. The van der Waals surface area contributed by atoms with Crippen LogP contribution in [0.15, 0.2) is 53.1 Å². The number of hydrogen-bond donors (Lipinski definition) is 1. The van der Waals surface area contributed by atoms with Gasteiger partial charge in [0.25, 0.3) is 0 Å². The second-order valence-corrected chi connectivity index (χ2v) is 4.98. The van der Waals surface area contributed by atoms with E-state index in [4.69, 9.17) is 26.5 Å². The van der Waals surface area contributed by atoms with Crippen molar-refractivity contribution in [3.63, 3.8) is 0 Å². The van der Waals surface area contributed by atoms with E-state index in [0.29, 0.717) is 18.2 Å². The molecule has 0 amide bonds. The lowest BCUT2D eigenvalue weighted by Gasteiger charge is -2.05. The van der Waals surface area contributed by atoms with Gasteiger partial charge >= 0.3 is 0 Å². The highest BCUT2D eigenvalue weighted by atomic mass is 35.5. The van der Waals surface area contributed by atoms with E-state index < -0.39 is 0 Å². The van der Waals surface area contributed by atoms with E-state index in [1.807, 2.05) is 36.4 Å². The maximum absolute atomic E-state index is 5.93. The Morgan fingerprint density at radius 2 is 2.05 bits per heavy atom. The van der Waals surface area contributed by atoms with Gasteiger partial charge in [-0.05, 0) is 35.9 Å². The van der Waals surface area contributed by atoms with Gasteiger partial charge in [0.15, 0.2) is 0 Å². The van der Waals surface area contributed by atoms with Crippen molar-refractivity contribution in [2.45, 2.75) is 13.2 Å². The van der Waals surface area contributed by atoms with Gasteiger partial charge in [-0.2, -0.15) is 0 Å². The van der Waals surface area contributed by atoms with Gasteiger partial charge in [-0.1, -0.05) is 23.7 Å². The van der Waals surface area contributed by atoms with E-state index in [2.05, 4.69) is 0 Å². The Morgan fingerprint density at radius 3 is 2.85 bits per heavy atom. The molecular weight excluding hydrogens is 274 g/mol. The molecule has 3 aromatic rings. The van der Waals surface area contributed by atoms with Gasteiger partial charge in [-0.3, -0.25) is 0 Å². The highest BCUT2D eigenvalue weighted by molar-refractivity contribution is 6.30. The minimum Gasteiger partial charge on any atom is -0.489 e. The molecule has 1 heterocycles. The smallest absolute Gasteiger partial charge is 0.134 e. The zero-order valence-corrected chi connectivity index (χ0v) is 11.6. The van der Waals surface area contributed by atoms with Crippen molar-refractivity contribution in [1.82, 2.24) is 0 Å². The fraction of sp³-hybridized carbons (Fsp3) is 0.125. The van der Waals surface area contributed by atoms with Crippen molar-refractivity contribution in [1.29, 1.82) is 0 Å². The van der Waals surface area contributed by atoms with Gasteiger partial charge in [0, 0.05) is 22.5 Å². The van der Waals surface area contributed by atoms with Crippen LogP contribution in [-0.4, -0.2) is 0 Å². The van der Waals surface area contributed by atoms with Gasteiger partial charge in [-0.15, -0.1) is 0 Å². The molecular formula is C16H14ClNO2. The lowest BCUT2D eigenvalue weighted by atomic mass is 10.1. The van der Waals surface area contributed by atoms with Gasteiger partial charge < -0.3 is 14.9 Å². The molecule has 3 nitrogen and oxygen atoms in total. The van der Waals surface area contributed by atoms with Crippen LogP contribution in [0.1, 0.15) is 11.1 Å². The van der Waals surface area contributed by atoms with Crippen LogP contribution in [0.25, 0.3) is 11.0 Å². The molecule has 102 valence electrons. The third kappa shape index (κ3) is 2.64. The molecule has 4 heteroatoms. The van der Waals surface area contributed by atoms with Crippen LogP contribution >= 0.6 is 11.6 Å². The second kappa shape index (κ2) is 5.57. The SMILES string of the molecule is NCc1ccc2occ(COc3cccc(Cl)c3)c2c1. The quantitative estimate of drug-likeness (QED) is 0.785. The molecule has 2 N–H and O–H groups in total. The lowest BCUT2D eigenvalue weighted by Crippen LogP contribution is -1.97. The van der Waals surface area contributed by atoms with Crippen LogP contribution in [0.2, 0.25) is 5.02 Å². The number of ether oxygens (including phenoxy) is 1. The third-order valence-corrected chi connectivity index (χ3v) is 3.38. The summed E-state index contributed by atoms with van der Waals surface area (Å²) in [5.41, 5.74) is 8.57. The summed E-state index contributed by atoms with van der Waals surface area (Å²) in [6.07, 6.45) is 1.72. The Balaban J connectivity index is 1.83. The first kappa shape index (κ1) is 13.0. The van der Waals surface area contributed by atoms with E-state index >= 15 is 0 Å². The van der Waals surface area contributed by atoms with Crippen LogP contribution in [0.3, 0.4) is 0 Å². The molecule has 0 fully saturated rings. The van der Waals surface area contributed by atoms with E-state index in [0.717, 1.165) is 27.8 Å². The summed E-state index contributed by atoms with van der Waals surface area (Å²) in [5, 5.41) is 1.69. The zero-order valence-electron chi connectivity index (χ0n) is 10.8. The average molecular weight is 288 g/mol. The first-order valence-electron chi connectivity index (χ1n) is 6.34. The molecule has 3 rings (SSSR count). The summed E-state index contributed by atoms with van der Waals surface area (Å²) in [4.78, 5) is 0. The fourth-order valence-electron chi connectivity index (χ4n) is 2.09. The summed E-state index contributed by atoms with van der Waals surface area (Å²) in [7, 11) is 0. The second-order valence-electron chi connectivity index (χ2n) is 4.54. The summed E-state index contributed by atoms with van der Waals surface area (Å²) >= 11 is 5.93. The van der Waals surface area contributed by atoms with Crippen LogP contribution in [0.4, 0.5) is 0 Å². The lowest BCUT2D eigenvalue weighted by molar-refractivity contribution is 0.306. The summed E-state index contributed by atoms with van der Waals surface area (Å²) in [6.45, 7) is 0.942. The summed E-state index contributed by atoms with van der Waals surface area (Å²) < 4.78 is 11.3. The molecule has 0 unspecified atom stereocenters. The molecule has 0 spiro atoms. The largest absolute Gasteiger partial charge is 0.489 e. The maximum Gasteiger partial charge on any atom is 0.134 e. The monoisotopic (exact) mass is 287 g/mol. The highest BCUT2D eigenvalue weighted by Gasteiger charge is 2.07. The number of nitrogens with two attached hydrogens (primary N) is 1. The first-order chi connectivity index (χ1) is 9.76. The zero-order chi connectivity index (χ0) is 13.9. The van der Waals surface area contributed by atoms with Crippen LogP contribution in [0.5, 0.6) is 5.75 Å². The predicted octanol–water partition coefficient (Wildman–Crippen LogP) is 4.12. The Labute approximate surface area is 121 Å². The minimum atomic E-state index is 0.432. The van der Waals surface area contributed by atoms with E-state index in [9.17, 15) is 0 Å². The van der Waals surface area contributed by atoms with Crippen molar-refractivity contribution < 1.29 is 9.15 Å². The van der Waals surface area contributed by atoms with Gasteiger partial charge in [0.2, 0.25) is 0 Å². The third-order valence-electron chi connectivity index (χ3n) is 3.14. The minimum absolute atomic E-state index is 0.432. The molecule has 20 heavy (non-hydrogen) atoms. The summed E-state index contributed by atoms with van der Waals surface area (Å²) in [6, 6.07) is 13.3. The number of furan rings is 1. The molecule has 0 aliphatic rings. The molecule has 0 atom stereocenters. The number of fused-ring (bicyclic) bond motifs is 1. The molecule has 0 aliphatic carbocycles. The summed E-state index contributed by atoms with van der Waals surface area (Å²) in [5.74, 6) is 0.738. The van der Waals surface area contributed by atoms with Gasteiger partial charge in [0.05, 0.1) is 6.26 Å². The number of rotatable bonds is 4. The Bertz CT molecular complexity index is 736. The molecule has 1 aromatic heterocycles. The fourth-order valence-corrected chi connectivity index (χ4v) is 2.27. The van der Waals surface area contributed by atoms with E-state index in [1.165, 1.54) is 0 Å². The van der Waals surface area contributed by atoms with Crippen LogP contribution in [0, 0.1) is 0 Å². The topological polar surface area (TPSA) is 48.4 Å². The van der Waals surface area contributed by atoms with Gasteiger partial charge in [0.1, 0.15) is 17.9 Å². The number of hydrogen-bond acceptors (Lipinski definition) is 3. The highest BCUT2D eigenvalue weighted by Crippen LogP contribution is 2.25. The van der Waals surface area contributed by atoms with Crippen molar-refractivity contribution in [2.75, 3.05) is 0 Å². The average Bonchev–Trinajstić information content (AvgIpc) is 2.87. The van der Waals surface area contributed by atoms with Crippen molar-refractivity contribution in [2.24, 2.45) is 5.73 Å². The maximum atomic E-state index is 5.93. The van der Waals surface area contributed by atoms with Crippen molar-refractivity contribution in [3.8, 4) is 5.75 Å². The molecule has 0 saturated heterocycles. The molecule has 2 aromatic carbocycles. The van der Waals surface area contributed by atoms with Crippen LogP contribution in [-0.2, 0) is 13.2 Å². The molecule has 0 bridgehead atoms. The van der Waals surface area contributed by atoms with Gasteiger partial charge in [-0.25, -0.2) is 0 Å². The van der Waals surface area contributed by atoms with Crippen molar-refractivity contribution >= 4 is 22.6 Å². The Kier molecular flexibility index (Phi) is 3.63. The molecule has 0 saturated carbocycles. The van der Waals surface area contributed by atoms with Crippen molar-refractivity contribution in [3.05, 3.63) is 64.9 Å². The molecule has 0 radical (unpaired) electrons. The van der Waals surface area contributed by atoms with E-state index in [1.54, 1.807) is 12.3 Å². The standard InChI is InChI=1S/C16H14ClNO2/c17-13-2-1-3-14(7-13)19-9-12-10-20-16-5-4-11(8-18)6-15(12)16/h1-7,10H,8-9,18H2. The van der Waals surface area contributed by atoms with E-state index in [-0.39, 0.29) is 0 Å². The Morgan fingerprint density at radius 1 is 1.15 bits per heavy atom. The predicted molar refractivity (Wildman–Crippen MR) is 79.9 cm³/mol. The first-order valence-corrected chi connectivity index (χ1v) is 6.71. The van der Waals surface area contributed by atoms with Crippen LogP contribution < -0.4 is 10.5 Å². The Hall–Kier alpha value is -1.97. The molecule has 0 aliphatic heterocycles.